The van der Waals surface area contributed by atoms with E-state index in [0.29, 0.717) is 5.56 Å². The van der Waals surface area contributed by atoms with Crippen LogP contribution in [0.5, 0.6) is 0 Å². The number of hydrogen-bond donors (Lipinski definition) is 2. The number of aromatic nitrogens is 1. The van der Waals surface area contributed by atoms with Crippen molar-refractivity contribution in [2.45, 2.75) is 11.8 Å². The first-order chi connectivity index (χ1) is 10.2. The zero-order valence-electron chi connectivity index (χ0n) is 11.9. The third-order valence-electron chi connectivity index (χ3n) is 3.09. The summed E-state index contributed by atoms with van der Waals surface area (Å²) >= 11 is 0. The summed E-state index contributed by atoms with van der Waals surface area (Å²) in [6, 6.07) is 6.43. The smallest absolute Gasteiger partial charge is 0.335 e. The first-order valence-corrected chi connectivity index (χ1v) is 7.72. The average Bonchev–Trinajstić information content (AvgIpc) is 2.42. The first kappa shape index (κ1) is 15.8. The number of anilines is 1. The zero-order chi connectivity index (χ0) is 16.5. The maximum Gasteiger partial charge on any atom is 0.335 e. The van der Waals surface area contributed by atoms with E-state index in [0.717, 1.165) is 6.07 Å². The summed E-state index contributed by atoms with van der Waals surface area (Å²) in [5, 5.41) is 9.06. The molecule has 7 nitrogen and oxygen atoms in total. The number of rotatable bonds is 4. The fourth-order valence-corrected chi connectivity index (χ4v) is 2.94. The largest absolute Gasteiger partial charge is 0.478 e. The summed E-state index contributed by atoms with van der Waals surface area (Å²) < 4.78 is 28.1. The number of sulfonamides is 1. The highest BCUT2D eigenvalue weighted by atomic mass is 32.2. The summed E-state index contributed by atoms with van der Waals surface area (Å²) in [6.45, 7) is 1.58. The number of carbonyl (C=O) groups is 1. The van der Waals surface area contributed by atoms with Crippen LogP contribution in [-0.4, -0.2) is 24.1 Å². The van der Waals surface area contributed by atoms with Gasteiger partial charge < -0.3 is 9.67 Å². The molecule has 2 aromatic rings. The Morgan fingerprint density at radius 3 is 2.50 bits per heavy atom. The molecular weight excluding hydrogens is 308 g/mol. The van der Waals surface area contributed by atoms with Crippen LogP contribution in [0.4, 0.5) is 5.69 Å². The summed E-state index contributed by atoms with van der Waals surface area (Å²) in [6.07, 6.45) is 1.34. The van der Waals surface area contributed by atoms with Crippen LogP contribution in [0.3, 0.4) is 0 Å². The Morgan fingerprint density at radius 1 is 1.23 bits per heavy atom. The summed E-state index contributed by atoms with van der Waals surface area (Å²) in [5.74, 6) is -1.20. The fraction of sp³-hybridized carbons (Fsp3) is 0.143. The number of benzene rings is 1. The molecule has 1 aromatic heterocycles. The molecule has 0 aliphatic carbocycles. The summed E-state index contributed by atoms with van der Waals surface area (Å²) in [5.41, 5.74) is 0.322. The van der Waals surface area contributed by atoms with Crippen LogP contribution in [0.15, 0.2) is 46.2 Å². The molecular formula is C14H14N2O5S. The van der Waals surface area contributed by atoms with Gasteiger partial charge in [0.05, 0.1) is 16.1 Å². The van der Waals surface area contributed by atoms with Crippen molar-refractivity contribution in [2.24, 2.45) is 7.05 Å². The van der Waals surface area contributed by atoms with E-state index in [9.17, 15) is 18.0 Å². The lowest BCUT2D eigenvalue weighted by atomic mass is 10.1. The minimum atomic E-state index is -3.94. The van der Waals surface area contributed by atoms with Crippen LogP contribution in [-0.2, 0) is 17.1 Å². The van der Waals surface area contributed by atoms with Gasteiger partial charge in [-0.25, -0.2) is 13.2 Å². The van der Waals surface area contributed by atoms with Gasteiger partial charge in [-0.1, -0.05) is 6.07 Å². The number of aromatic carboxylic acids is 1. The molecule has 0 atom stereocenters. The number of hydrogen-bond acceptors (Lipinski definition) is 4. The Labute approximate surface area is 126 Å². The molecule has 8 heteroatoms. The van der Waals surface area contributed by atoms with Gasteiger partial charge in [0.1, 0.15) is 0 Å². The normalized spacial score (nSPS) is 11.2. The molecule has 116 valence electrons. The maximum atomic E-state index is 12.3. The van der Waals surface area contributed by atoms with Gasteiger partial charge in [0.2, 0.25) is 5.56 Å². The Kier molecular flexibility index (Phi) is 4.05. The van der Waals surface area contributed by atoms with Gasteiger partial charge in [0.25, 0.3) is 10.0 Å². The molecule has 0 spiro atoms. The fourth-order valence-electron chi connectivity index (χ4n) is 1.87. The number of pyridine rings is 1. The average molecular weight is 322 g/mol. The van der Waals surface area contributed by atoms with Gasteiger partial charge in [0.15, 0.2) is 0 Å². The Bertz CT molecular complexity index is 900. The van der Waals surface area contributed by atoms with E-state index in [4.69, 9.17) is 5.11 Å². The molecule has 1 aromatic carbocycles. The van der Waals surface area contributed by atoms with Gasteiger partial charge >= 0.3 is 5.97 Å². The van der Waals surface area contributed by atoms with Crippen LogP contribution >= 0.6 is 0 Å². The topological polar surface area (TPSA) is 105 Å². The van der Waals surface area contributed by atoms with E-state index in [-0.39, 0.29) is 21.7 Å². The van der Waals surface area contributed by atoms with Crippen molar-refractivity contribution in [3.63, 3.8) is 0 Å². The van der Waals surface area contributed by atoms with E-state index >= 15 is 0 Å². The molecule has 2 rings (SSSR count). The predicted molar refractivity (Wildman–Crippen MR) is 80.6 cm³/mol. The van der Waals surface area contributed by atoms with E-state index in [1.165, 1.54) is 42.1 Å². The van der Waals surface area contributed by atoms with Crippen molar-refractivity contribution in [3.05, 3.63) is 58.0 Å². The molecule has 0 aliphatic rings. The van der Waals surface area contributed by atoms with Crippen LogP contribution in [0.2, 0.25) is 0 Å². The number of nitrogens with zero attached hydrogens (tertiary/aromatic N) is 1. The third-order valence-corrected chi connectivity index (χ3v) is 4.47. The Hall–Kier alpha value is -2.61. The molecule has 0 bridgehead atoms. The monoisotopic (exact) mass is 322 g/mol. The van der Waals surface area contributed by atoms with Crippen molar-refractivity contribution in [2.75, 3.05) is 4.72 Å². The third kappa shape index (κ3) is 3.17. The second-order valence-electron chi connectivity index (χ2n) is 4.75. The lowest BCUT2D eigenvalue weighted by Gasteiger charge is -2.10. The quantitative estimate of drug-likeness (QED) is 0.879. The second-order valence-corrected chi connectivity index (χ2v) is 6.44. The molecule has 1 heterocycles. The molecule has 2 N–H and O–H groups in total. The number of nitrogens with one attached hydrogen (secondary N) is 1. The molecule has 0 fully saturated rings. The van der Waals surface area contributed by atoms with Crippen molar-refractivity contribution in [3.8, 4) is 0 Å². The van der Waals surface area contributed by atoms with Crippen LogP contribution < -0.4 is 10.3 Å². The zero-order valence-corrected chi connectivity index (χ0v) is 12.7. The lowest BCUT2D eigenvalue weighted by Crippen LogP contribution is -2.18. The number of carboxylic acids is 1. The second kappa shape index (κ2) is 5.64. The van der Waals surface area contributed by atoms with Crippen LogP contribution in [0.1, 0.15) is 15.9 Å². The highest BCUT2D eigenvalue weighted by Crippen LogP contribution is 2.18. The van der Waals surface area contributed by atoms with Gasteiger partial charge in [-0.3, -0.25) is 9.52 Å². The van der Waals surface area contributed by atoms with Crippen LogP contribution in [0, 0.1) is 6.92 Å². The van der Waals surface area contributed by atoms with E-state index in [1.54, 1.807) is 6.92 Å². The SMILES string of the molecule is Cc1ccc(S(=O)(=O)Nc2ccc(=O)n(C)c2)cc1C(=O)O. The minimum absolute atomic E-state index is 0.0802. The Morgan fingerprint density at radius 2 is 1.91 bits per heavy atom. The molecule has 0 aliphatic heterocycles. The summed E-state index contributed by atoms with van der Waals surface area (Å²) in [4.78, 5) is 22.2. The molecule has 0 saturated carbocycles. The maximum absolute atomic E-state index is 12.3. The van der Waals surface area contributed by atoms with Crippen molar-refractivity contribution < 1.29 is 18.3 Å². The highest BCUT2D eigenvalue weighted by molar-refractivity contribution is 7.92. The van der Waals surface area contributed by atoms with E-state index in [1.807, 2.05) is 0 Å². The Balaban J connectivity index is 2.42. The van der Waals surface area contributed by atoms with Crippen molar-refractivity contribution in [1.29, 1.82) is 0 Å². The number of aryl methyl sites for hydroxylation is 2. The van der Waals surface area contributed by atoms with Gasteiger partial charge in [-0.2, -0.15) is 0 Å². The standard InChI is InChI=1S/C14H14N2O5S/c1-9-3-5-11(7-12(9)14(18)19)22(20,21)15-10-4-6-13(17)16(2)8-10/h3-8,15H,1-2H3,(H,18,19). The van der Waals surface area contributed by atoms with Crippen molar-refractivity contribution >= 4 is 21.7 Å². The highest BCUT2D eigenvalue weighted by Gasteiger charge is 2.18. The van der Waals surface area contributed by atoms with Gasteiger partial charge in [0, 0.05) is 19.3 Å². The van der Waals surface area contributed by atoms with Crippen LogP contribution in [0.25, 0.3) is 0 Å². The molecule has 0 unspecified atom stereocenters. The van der Waals surface area contributed by atoms with E-state index in [2.05, 4.69) is 4.72 Å². The van der Waals surface area contributed by atoms with Gasteiger partial charge in [-0.15, -0.1) is 0 Å². The minimum Gasteiger partial charge on any atom is -0.478 e. The lowest BCUT2D eigenvalue weighted by molar-refractivity contribution is 0.0696. The first-order valence-electron chi connectivity index (χ1n) is 6.24. The number of carboxylic acid groups (broad SMARTS) is 1. The molecule has 0 amide bonds. The van der Waals surface area contributed by atoms with Gasteiger partial charge in [-0.05, 0) is 30.7 Å². The summed E-state index contributed by atoms with van der Waals surface area (Å²) in [7, 11) is -2.45. The molecule has 0 radical (unpaired) electrons. The van der Waals surface area contributed by atoms with E-state index < -0.39 is 16.0 Å². The molecule has 22 heavy (non-hydrogen) atoms. The van der Waals surface area contributed by atoms with Crippen molar-refractivity contribution in [1.82, 2.24) is 4.57 Å². The predicted octanol–water partition coefficient (Wildman–Crippen LogP) is 1.19. The molecule has 0 saturated heterocycles.